The van der Waals surface area contributed by atoms with Crippen molar-refractivity contribution >= 4 is 19.2 Å². The summed E-state index contributed by atoms with van der Waals surface area (Å²) in [7, 11) is 0. The van der Waals surface area contributed by atoms with Crippen molar-refractivity contribution in [1.29, 1.82) is 0 Å². The number of alkyl halides is 1. The molecule has 1 heterocycles. The van der Waals surface area contributed by atoms with Gasteiger partial charge in [0.2, 0.25) is 6.41 Å². The third-order valence-electron chi connectivity index (χ3n) is 4.57. The van der Waals surface area contributed by atoms with Crippen molar-refractivity contribution in [2.75, 3.05) is 6.54 Å². The Morgan fingerprint density at radius 2 is 1.88 bits per heavy atom. The van der Waals surface area contributed by atoms with Crippen molar-refractivity contribution in [2.45, 2.75) is 24.7 Å². The fourth-order valence-corrected chi connectivity index (χ4v) is 3.61. The summed E-state index contributed by atoms with van der Waals surface area (Å²) in [6.07, 6.45) is -0.627. The lowest BCUT2D eigenvalue weighted by molar-refractivity contribution is -0.119. The second kappa shape index (κ2) is 7.49. The minimum atomic E-state index is -1.29. The number of halogens is 3. The highest BCUT2D eigenvalue weighted by Gasteiger charge is 2.41. The molecule has 0 spiro atoms. The highest BCUT2D eigenvalue weighted by Crippen LogP contribution is 2.30. The smallest absolute Gasteiger partial charge is 0.210 e. The highest BCUT2D eigenvalue weighted by molar-refractivity contribution is 7.78. The van der Waals surface area contributed by atoms with Crippen molar-refractivity contribution in [3.8, 4) is 11.1 Å². The molecule has 3 rings (SSSR count). The van der Waals surface area contributed by atoms with Crippen LogP contribution in [0.2, 0.25) is 0 Å². The summed E-state index contributed by atoms with van der Waals surface area (Å²) >= 11 is 3.92. The van der Waals surface area contributed by atoms with Crippen LogP contribution in [0.5, 0.6) is 0 Å². The summed E-state index contributed by atoms with van der Waals surface area (Å²) in [5, 5.41) is 0. The summed E-state index contributed by atoms with van der Waals surface area (Å²) in [6, 6.07) is 9.33. The topological polar surface area (TPSA) is 32.3 Å². The van der Waals surface area contributed by atoms with E-state index in [0.717, 1.165) is 0 Å². The molecule has 1 aliphatic rings. The van der Waals surface area contributed by atoms with E-state index < -0.39 is 29.9 Å². The van der Waals surface area contributed by atoms with Gasteiger partial charge in [0.25, 0.3) is 0 Å². The molecule has 132 valence electrons. The van der Waals surface area contributed by atoms with Gasteiger partial charge in [-0.2, -0.15) is 0 Å². The zero-order valence-corrected chi connectivity index (χ0v) is 14.1. The maximum atomic E-state index is 14.9. The average molecular weight is 366 g/mol. The molecule has 25 heavy (non-hydrogen) atoms. The van der Waals surface area contributed by atoms with Gasteiger partial charge >= 0.3 is 0 Å². The van der Waals surface area contributed by atoms with Gasteiger partial charge in [0.05, 0.1) is 18.6 Å². The number of amides is 1. The maximum absolute atomic E-state index is 14.9. The molecule has 3 nitrogen and oxygen atoms in total. The Labute approximate surface area is 149 Å². The zero-order chi connectivity index (χ0) is 18.0. The number of nitrogens with one attached hydrogen (secondary N) is 1. The van der Waals surface area contributed by atoms with Gasteiger partial charge in [-0.1, -0.05) is 49.2 Å². The quantitative estimate of drug-likeness (QED) is 0.629. The van der Waals surface area contributed by atoms with E-state index in [9.17, 15) is 18.0 Å². The highest BCUT2D eigenvalue weighted by atomic mass is 32.1. The Hall–Kier alpha value is -1.99. The van der Waals surface area contributed by atoms with Crippen molar-refractivity contribution in [3.63, 3.8) is 0 Å². The zero-order valence-electron chi connectivity index (χ0n) is 13.2. The van der Waals surface area contributed by atoms with Crippen LogP contribution < -0.4 is 4.72 Å². The maximum Gasteiger partial charge on any atom is 0.210 e. The van der Waals surface area contributed by atoms with Crippen LogP contribution in [0, 0.1) is 11.6 Å². The summed E-state index contributed by atoms with van der Waals surface area (Å²) in [5.41, 5.74) is 0.589. The van der Waals surface area contributed by atoms with Gasteiger partial charge in [-0.15, -0.1) is 0 Å². The first-order valence-electron chi connectivity index (χ1n) is 7.83. The molecule has 1 fully saturated rings. The molecular weight excluding hydrogens is 349 g/mol. The summed E-state index contributed by atoms with van der Waals surface area (Å²) in [4.78, 5) is 12.5. The molecule has 1 N–H and O–H groups in total. The van der Waals surface area contributed by atoms with Gasteiger partial charge in [-0.05, 0) is 18.1 Å². The summed E-state index contributed by atoms with van der Waals surface area (Å²) < 4.78 is 45.5. The molecule has 0 saturated carbocycles. The van der Waals surface area contributed by atoms with Gasteiger partial charge in [-0.25, -0.2) is 13.2 Å². The minimum absolute atomic E-state index is 0.0684. The number of hydrogen-bond donors (Lipinski definition) is 2. The van der Waals surface area contributed by atoms with E-state index in [0.29, 0.717) is 12.0 Å². The molecule has 0 aliphatic carbocycles. The predicted molar refractivity (Wildman–Crippen MR) is 92.9 cm³/mol. The van der Waals surface area contributed by atoms with E-state index in [4.69, 9.17) is 0 Å². The Morgan fingerprint density at radius 1 is 1.16 bits per heavy atom. The van der Waals surface area contributed by atoms with Crippen LogP contribution in [-0.4, -0.2) is 36.1 Å². The lowest BCUT2D eigenvalue weighted by Gasteiger charge is -2.25. The Bertz CT molecular complexity index is 774. The summed E-state index contributed by atoms with van der Waals surface area (Å²) in [5.74, 6) is -1.09. The van der Waals surface area contributed by atoms with Crippen LogP contribution >= 0.6 is 12.8 Å². The molecule has 7 heteroatoms. The van der Waals surface area contributed by atoms with Gasteiger partial charge in [0.15, 0.2) is 0 Å². The molecule has 3 unspecified atom stereocenters. The monoisotopic (exact) mass is 366 g/mol. The van der Waals surface area contributed by atoms with Gasteiger partial charge in [-0.3, -0.25) is 9.52 Å². The first kappa shape index (κ1) is 17.8. The number of benzene rings is 2. The van der Waals surface area contributed by atoms with Crippen LogP contribution in [0.25, 0.3) is 11.1 Å². The van der Waals surface area contributed by atoms with Crippen molar-refractivity contribution in [2.24, 2.45) is 0 Å². The molecule has 0 bridgehead atoms. The Balaban J connectivity index is 1.95. The molecule has 2 aromatic carbocycles. The number of likely N-dealkylation sites (tertiary alicyclic amines) is 1. The van der Waals surface area contributed by atoms with Crippen LogP contribution in [0.3, 0.4) is 0 Å². The van der Waals surface area contributed by atoms with E-state index in [1.165, 1.54) is 29.2 Å². The van der Waals surface area contributed by atoms with Crippen LogP contribution in [-0.2, 0) is 11.2 Å². The lowest BCUT2D eigenvalue weighted by Crippen LogP contribution is -2.42. The number of carbonyl (C=O) groups is 1. The van der Waals surface area contributed by atoms with E-state index in [2.05, 4.69) is 17.5 Å². The fourth-order valence-electron chi connectivity index (χ4n) is 3.28. The number of hydrogen-bond acceptors (Lipinski definition) is 3. The Morgan fingerprint density at radius 3 is 2.56 bits per heavy atom. The minimum Gasteiger partial charge on any atom is -0.337 e. The van der Waals surface area contributed by atoms with Crippen molar-refractivity contribution in [3.05, 3.63) is 59.7 Å². The molecule has 2 aromatic rings. The SMILES string of the molecule is O=CN1CC(F)C(NS)C1Cc1cccc(-c2ccccc2F)c1F. The number of carbonyl (C=O) groups excluding carboxylic acids is 1. The average Bonchev–Trinajstić information content (AvgIpc) is 2.92. The third kappa shape index (κ3) is 3.39. The van der Waals surface area contributed by atoms with Gasteiger partial charge in [0, 0.05) is 11.1 Å². The van der Waals surface area contributed by atoms with Gasteiger partial charge in [0.1, 0.15) is 17.8 Å². The first-order chi connectivity index (χ1) is 12.1. The molecule has 0 aromatic heterocycles. The van der Waals surface area contributed by atoms with Crippen LogP contribution in [0.15, 0.2) is 42.5 Å². The Kier molecular flexibility index (Phi) is 5.34. The van der Waals surface area contributed by atoms with E-state index in [1.54, 1.807) is 18.2 Å². The van der Waals surface area contributed by atoms with Crippen molar-refractivity contribution in [1.82, 2.24) is 9.62 Å². The fraction of sp³-hybridized carbons (Fsp3) is 0.278. The number of nitrogens with zero attached hydrogens (tertiary/aromatic N) is 1. The largest absolute Gasteiger partial charge is 0.337 e. The second-order valence-corrected chi connectivity index (χ2v) is 6.26. The standard InChI is InChI=1S/C18H17F3N2OS/c19-14-7-2-1-5-12(14)13-6-3-4-11(17(13)21)8-16-18(22-25)15(20)9-23(16)10-24/h1-7,10,15-16,18,22,25H,8-9H2. The molecule has 0 radical (unpaired) electrons. The normalized spacial score (nSPS) is 23.0. The molecule has 1 saturated heterocycles. The molecule has 3 atom stereocenters. The van der Waals surface area contributed by atoms with Crippen LogP contribution in [0.1, 0.15) is 5.56 Å². The number of thiol groups is 1. The van der Waals surface area contributed by atoms with Crippen LogP contribution in [0.4, 0.5) is 13.2 Å². The predicted octanol–water partition coefficient (Wildman–Crippen LogP) is 3.16. The molecule has 1 amide bonds. The first-order valence-corrected chi connectivity index (χ1v) is 8.28. The van der Waals surface area contributed by atoms with Gasteiger partial charge < -0.3 is 4.90 Å². The lowest BCUT2D eigenvalue weighted by atomic mass is 9.95. The second-order valence-electron chi connectivity index (χ2n) is 6.00. The molecule has 1 aliphatic heterocycles. The number of rotatable bonds is 5. The summed E-state index contributed by atoms with van der Waals surface area (Å²) in [6.45, 7) is -0.0684. The van der Waals surface area contributed by atoms with E-state index in [-0.39, 0.29) is 24.1 Å². The van der Waals surface area contributed by atoms with E-state index >= 15 is 0 Å². The molecular formula is C18H17F3N2OS. The van der Waals surface area contributed by atoms with E-state index in [1.807, 2.05) is 0 Å². The van der Waals surface area contributed by atoms with Crippen molar-refractivity contribution < 1.29 is 18.0 Å². The third-order valence-corrected chi connectivity index (χ3v) is 4.87.